The zero-order valence-electron chi connectivity index (χ0n) is 54.5. The zero-order valence-corrected chi connectivity index (χ0v) is 54.5. The number of carbonyl (C=O) groups is 1. The van der Waals surface area contributed by atoms with Crippen LogP contribution in [0.25, 0.3) is 0 Å². The molecule has 0 spiro atoms. The predicted molar refractivity (Wildman–Crippen MR) is 329 cm³/mol. The van der Waals surface area contributed by atoms with Crippen LogP contribution < -0.4 is 5.32 Å². The normalized spacial score (nSPS) is 37.5. The van der Waals surface area contributed by atoms with Crippen molar-refractivity contribution >= 4 is 5.91 Å². The molecule has 0 bridgehead atoms. The van der Waals surface area contributed by atoms with E-state index >= 15 is 0 Å². The summed E-state index contributed by atoms with van der Waals surface area (Å²) in [5.41, 5.74) is 0. The molecule has 0 radical (unpaired) electrons. The van der Waals surface area contributed by atoms with Crippen LogP contribution in [0.2, 0.25) is 0 Å². The van der Waals surface area contributed by atoms with Crippen LogP contribution in [0.4, 0.5) is 0 Å². The Morgan fingerprint density at radius 3 is 1.11 bits per heavy atom. The Labute approximate surface area is 546 Å². The molecule has 0 aromatic rings. The van der Waals surface area contributed by atoms with Crippen molar-refractivity contribution in [1.82, 2.24) is 5.32 Å². The van der Waals surface area contributed by atoms with Crippen molar-refractivity contribution in [3.05, 3.63) is 12.2 Å². The average molecular weight is 1350 g/mol. The van der Waals surface area contributed by atoms with Gasteiger partial charge in [-0.1, -0.05) is 167 Å². The van der Waals surface area contributed by atoms with Gasteiger partial charge in [0.15, 0.2) is 31.5 Å². The van der Waals surface area contributed by atoms with Crippen LogP contribution in [0, 0.1) is 0 Å². The number of hydrogen-bond acceptors (Lipinski definition) is 28. The molecule has 29 nitrogen and oxygen atoms in total. The van der Waals surface area contributed by atoms with E-state index in [0.29, 0.717) is 12.8 Å². The third-order valence-electron chi connectivity index (χ3n) is 18.3. The minimum Gasteiger partial charge on any atom is -0.394 e. The van der Waals surface area contributed by atoms with E-state index in [-0.39, 0.29) is 12.3 Å². The van der Waals surface area contributed by atoms with Gasteiger partial charge >= 0.3 is 0 Å². The molecule has 0 saturated carbocycles. The minimum atomic E-state index is -2.18. The van der Waals surface area contributed by atoms with E-state index in [1.807, 2.05) is 6.08 Å². The lowest BCUT2D eigenvalue weighted by Gasteiger charge is -2.49. The molecule has 0 aromatic carbocycles. The van der Waals surface area contributed by atoms with E-state index in [1.54, 1.807) is 6.08 Å². The Kier molecular flexibility index (Phi) is 39.0. The van der Waals surface area contributed by atoms with Crippen molar-refractivity contribution in [3.8, 4) is 0 Å². The summed E-state index contributed by atoms with van der Waals surface area (Å²) in [6.07, 6.45) is -16.3. The van der Waals surface area contributed by atoms with Gasteiger partial charge in [0, 0.05) is 6.42 Å². The second-order valence-corrected chi connectivity index (χ2v) is 25.7. The molecule has 5 heterocycles. The number of carbonyl (C=O) groups excluding carboxylic acids is 1. The molecule has 5 rings (SSSR count). The summed E-state index contributed by atoms with van der Waals surface area (Å²) >= 11 is 0. The topological polar surface area (TPSA) is 465 Å². The lowest BCUT2D eigenvalue weighted by Crippen LogP contribution is -2.68. The first-order chi connectivity index (χ1) is 44.8. The van der Waals surface area contributed by atoms with Gasteiger partial charge in [0.2, 0.25) is 5.91 Å². The number of ether oxygens (including phenoxy) is 10. The van der Waals surface area contributed by atoms with Crippen LogP contribution in [0.15, 0.2) is 12.2 Å². The molecule has 93 heavy (non-hydrogen) atoms. The lowest BCUT2D eigenvalue weighted by molar-refractivity contribution is -0.394. The number of aliphatic hydroxyl groups excluding tert-OH is 17. The van der Waals surface area contributed by atoms with Crippen LogP contribution in [-0.2, 0) is 52.2 Å². The number of hydrogen-bond donors (Lipinski definition) is 18. The van der Waals surface area contributed by atoms with Crippen LogP contribution in [-0.4, -0.2) is 298 Å². The SMILES string of the molecule is CCCCCCCCCCCCC/C=C/[C@@H](O)[C@H](CO[C@@H]1OC(CO)[C@@H](O[C@@H]2OC(CO)[C@H](O[C@@H]3OC(CO)[C@H](O)[C@H](O[C@H]4OC(CO)[C@H](O)[C@H](O[C@H]5OC(CO)[C@H](O)[C@H](O)C5O)C4O)C3O)[C@H](O)C2O)[C@H](O)C1O)NC(=O)CCCCCCCCCCCCCCC. The van der Waals surface area contributed by atoms with Crippen molar-refractivity contribution in [3.63, 3.8) is 0 Å². The highest BCUT2D eigenvalue weighted by atomic mass is 16.8. The fraction of sp³-hybridized carbons (Fsp3) is 0.953. The Balaban J connectivity index is 1.17. The molecular weight excluding hydrogens is 1230 g/mol. The van der Waals surface area contributed by atoms with Crippen LogP contribution in [0.1, 0.15) is 181 Å². The molecule has 27 atom stereocenters. The quantitative estimate of drug-likeness (QED) is 0.0248. The summed E-state index contributed by atoms with van der Waals surface area (Å²) in [4.78, 5) is 13.4. The van der Waals surface area contributed by atoms with Crippen LogP contribution in [0.5, 0.6) is 0 Å². The largest absolute Gasteiger partial charge is 0.394 e. The molecular formula is C64H117NO28. The fourth-order valence-electron chi connectivity index (χ4n) is 12.4. The molecule has 5 saturated heterocycles. The summed E-state index contributed by atoms with van der Waals surface area (Å²) in [5, 5.41) is 188. The number of aliphatic hydroxyl groups is 17. The highest BCUT2D eigenvalue weighted by Crippen LogP contribution is 2.36. The van der Waals surface area contributed by atoms with Gasteiger partial charge < -0.3 is 139 Å². The van der Waals surface area contributed by atoms with E-state index in [2.05, 4.69) is 19.2 Å². The second kappa shape index (κ2) is 44.3. The van der Waals surface area contributed by atoms with Crippen LogP contribution in [0.3, 0.4) is 0 Å². The summed E-state index contributed by atoms with van der Waals surface area (Å²) in [6.45, 7) is -0.682. The summed E-state index contributed by atoms with van der Waals surface area (Å²) in [6, 6.07) is -1.03. The number of allylic oxidation sites excluding steroid dienone is 1. The zero-order chi connectivity index (χ0) is 68.0. The van der Waals surface area contributed by atoms with E-state index in [9.17, 15) is 91.6 Å². The van der Waals surface area contributed by atoms with Gasteiger partial charge in [-0.05, 0) is 19.3 Å². The maximum atomic E-state index is 13.4. The van der Waals surface area contributed by atoms with E-state index in [1.165, 1.54) is 103 Å². The maximum Gasteiger partial charge on any atom is 0.220 e. The van der Waals surface area contributed by atoms with E-state index < -0.39 is 205 Å². The molecule has 10 unspecified atom stereocenters. The maximum absolute atomic E-state index is 13.4. The van der Waals surface area contributed by atoms with Crippen LogP contribution >= 0.6 is 0 Å². The minimum absolute atomic E-state index is 0.201. The molecule has 1 amide bonds. The second-order valence-electron chi connectivity index (χ2n) is 25.7. The third kappa shape index (κ3) is 25.1. The monoisotopic (exact) mass is 1350 g/mol. The third-order valence-corrected chi connectivity index (χ3v) is 18.3. The Bertz CT molecular complexity index is 1990. The van der Waals surface area contributed by atoms with Crippen molar-refractivity contribution in [2.75, 3.05) is 39.6 Å². The number of unbranched alkanes of at least 4 members (excludes halogenated alkanes) is 23. The highest BCUT2D eigenvalue weighted by Gasteiger charge is 2.57. The van der Waals surface area contributed by atoms with Gasteiger partial charge in [-0.2, -0.15) is 0 Å². The number of amides is 1. The number of rotatable bonds is 45. The van der Waals surface area contributed by atoms with Gasteiger partial charge in [0.25, 0.3) is 0 Å². The fourth-order valence-corrected chi connectivity index (χ4v) is 12.4. The Hall–Kier alpha value is -1.87. The molecule has 0 aromatic heterocycles. The van der Waals surface area contributed by atoms with Gasteiger partial charge in [-0.15, -0.1) is 0 Å². The molecule has 18 N–H and O–H groups in total. The molecule has 5 fully saturated rings. The highest BCUT2D eigenvalue weighted by molar-refractivity contribution is 5.76. The standard InChI is InChI=1S/C64H117NO28/c1-3-5-7-9-11-13-15-17-19-21-23-25-27-29-38(71)37(65-44(72)30-28-26-24-22-20-18-16-14-12-10-8-6-4-2)36-84-60-52(80)49(77)56(42(34-69)88-60)90-62-53(81)50(78)57(43(35-70)89-62)91-63-54(82)59(47(75)40(32-67)86-63)93-64-55(83)58(46(74)41(33-68)87-64)92-61-51(79)48(76)45(73)39(31-66)85-61/h27,29,37-43,45-64,66-71,73-83H,3-26,28,30-36H2,1-2H3,(H,65,72)/b29-27+/t37-,38+,39?,40?,41?,42?,43?,45-,46-,47-,48-,49+,50+,51?,52?,53?,54?,55?,56+,57-,58-,59-,60+,61+,62-,63-,64+/m0/s1. The summed E-state index contributed by atoms with van der Waals surface area (Å²) in [5.74, 6) is -0.321. The average Bonchev–Trinajstić information content (AvgIpc) is 0.818. The van der Waals surface area contributed by atoms with E-state index in [4.69, 9.17) is 47.4 Å². The summed E-state index contributed by atoms with van der Waals surface area (Å²) in [7, 11) is 0. The van der Waals surface area contributed by atoms with E-state index in [0.717, 1.165) is 44.9 Å². The smallest absolute Gasteiger partial charge is 0.220 e. The first-order valence-electron chi connectivity index (χ1n) is 34.5. The van der Waals surface area contributed by atoms with Gasteiger partial charge in [0.05, 0.1) is 51.8 Å². The first kappa shape index (κ1) is 81.8. The Morgan fingerprint density at radius 2 is 0.699 bits per heavy atom. The van der Waals surface area contributed by atoms with Gasteiger partial charge in [-0.25, -0.2) is 0 Å². The van der Waals surface area contributed by atoms with Gasteiger partial charge in [0.1, 0.15) is 122 Å². The number of nitrogens with one attached hydrogen (secondary N) is 1. The van der Waals surface area contributed by atoms with Gasteiger partial charge in [-0.3, -0.25) is 4.79 Å². The predicted octanol–water partition coefficient (Wildman–Crippen LogP) is -1.32. The van der Waals surface area contributed by atoms with Crippen molar-refractivity contribution in [2.45, 2.75) is 346 Å². The van der Waals surface area contributed by atoms with Crippen molar-refractivity contribution < 1.29 is 139 Å². The molecule has 546 valence electrons. The Morgan fingerprint density at radius 1 is 0.376 bits per heavy atom. The van der Waals surface area contributed by atoms with Crippen molar-refractivity contribution in [2.24, 2.45) is 0 Å². The molecule has 5 aliphatic rings. The van der Waals surface area contributed by atoms with Crippen molar-refractivity contribution in [1.29, 1.82) is 0 Å². The summed E-state index contributed by atoms with van der Waals surface area (Å²) < 4.78 is 57.3. The lowest BCUT2D eigenvalue weighted by atomic mass is 9.95. The molecule has 0 aliphatic carbocycles. The first-order valence-corrected chi connectivity index (χ1v) is 34.5. The molecule has 5 aliphatic heterocycles. The molecule has 29 heteroatoms.